The Hall–Kier alpha value is -4.26. The van der Waals surface area contributed by atoms with Gasteiger partial charge in [0.1, 0.15) is 17.3 Å². The minimum atomic E-state index is -0.771. The molecule has 1 amide bonds. The van der Waals surface area contributed by atoms with Crippen LogP contribution in [-0.4, -0.2) is 49.5 Å². The Morgan fingerprint density at radius 1 is 1.00 bits per heavy atom. The van der Waals surface area contributed by atoms with Gasteiger partial charge in [0.05, 0.1) is 31.9 Å². The Kier molecular flexibility index (Phi) is 8.05. The molecule has 4 rings (SSSR count). The van der Waals surface area contributed by atoms with Gasteiger partial charge in [-0.15, -0.1) is 0 Å². The first-order chi connectivity index (χ1) is 18.3. The molecule has 1 fully saturated rings. The summed E-state index contributed by atoms with van der Waals surface area (Å²) in [5, 5.41) is 11.5. The van der Waals surface area contributed by atoms with Crippen LogP contribution in [0.3, 0.4) is 0 Å². The zero-order valence-electron chi connectivity index (χ0n) is 22.5. The van der Waals surface area contributed by atoms with Gasteiger partial charge in [0.15, 0.2) is 0 Å². The Labute approximate surface area is 223 Å². The molecule has 0 aromatic heterocycles. The zero-order valence-corrected chi connectivity index (χ0v) is 22.5. The second-order valence-corrected chi connectivity index (χ2v) is 9.55. The lowest BCUT2D eigenvalue weighted by atomic mass is 9.94. The van der Waals surface area contributed by atoms with Crippen LogP contribution in [0.15, 0.2) is 72.3 Å². The standard InChI is InChI=1S/C31H34N2O5/c1-6-17-38-25-16-13-22(18-20(25)2)29(34)27-28(21-11-14-24(15-12-21)32(3)4)33(31(36)30(27)35)19-23-9-7-8-10-26(23)37-5/h7-16,18,28,34H,6,17,19H2,1-5H3/b29-27-. The molecule has 0 radical (unpaired) electrons. The molecule has 1 unspecified atom stereocenters. The number of ether oxygens (including phenoxy) is 2. The molecule has 1 saturated heterocycles. The van der Waals surface area contributed by atoms with Gasteiger partial charge in [-0.2, -0.15) is 0 Å². The summed E-state index contributed by atoms with van der Waals surface area (Å²) in [6.07, 6.45) is 0.878. The van der Waals surface area contributed by atoms with Crippen molar-refractivity contribution in [2.24, 2.45) is 0 Å². The van der Waals surface area contributed by atoms with Crippen molar-refractivity contribution in [2.75, 3.05) is 32.7 Å². The molecule has 7 nitrogen and oxygen atoms in total. The van der Waals surface area contributed by atoms with Gasteiger partial charge in [-0.25, -0.2) is 0 Å². The maximum atomic E-state index is 13.5. The van der Waals surface area contributed by atoms with E-state index in [0.29, 0.717) is 17.9 Å². The fourth-order valence-corrected chi connectivity index (χ4v) is 4.69. The van der Waals surface area contributed by atoms with Crippen LogP contribution in [0.4, 0.5) is 5.69 Å². The summed E-state index contributed by atoms with van der Waals surface area (Å²) >= 11 is 0. The van der Waals surface area contributed by atoms with Gasteiger partial charge in [-0.1, -0.05) is 37.3 Å². The van der Waals surface area contributed by atoms with Crippen molar-refractivity contribution in [2.45, 2.75) is 32.9 Å². The number of Topliss-reactive ketones (excluding diaryl/α,β-unsaturated/α-hetero) is 1. The number of para-hydroxylation sites is 1. The number of anilines is 1. The summed E-state index contributed by atoms with van der Waals surface area (Å²) in [5.74, 6) is -0.259. The number of methoxy groups -OCH3 is 1. The Morgan fingerprint density at radius 2 is 1.71 bits per heavy atom. The Bertz CT molecular complexity index is 1360. The highest BCUT2D eigenvalue weighted by Gasteiger charge is 2.46. The number of amides is 1. The summed E-state index contributed by atoms with van der Waals surface area (Å²) in [4.78, 5) is 30.3. The number of aryl methyl sites for hydroxylation is 1. The number of carbonyl (C=O) groups is 2. The van der Waals surface area contributed by atoms with E-state index in [1.807, 2.05) is 81.4 Å². The van der Waals surface area contributed by atoms with E-state index < -0.39 is 17.7 Å². The molecule has 1 aliphatic rings. The van der Waals surface area contributed by atoms with Crippen LogP contribution in [0.25, 0.3) is 5.76 Å². The first-order valence-electron chi connectivity index (χ1n) is 12.7. The van der Waals surface area contributed by atoms with Gasteiger partial charge in [0.25, 0.3) is 11.7 Å². The van der Waals surface area contributed by atoms with Crippen LogP contribution in [0.5, 0.6) is 11.5 Å². The molecule has 1 aliphatic heterocycles. The quantitative estimate of drug-likeness (QED) is 0.231. The van der Waals surface area contributed by atoms with Crippen LogP contribution < -0.4 is 14.4 Å². The van der Waals surface area contributed by atoms with E-state index in [1.165, 1.54) is 4.90 Å². The average Bonchev–Trinajstić information content (AvgIpc) is 3.17. The van der Waals surface area contributed by atoms with Gasteiger partial charge < -0.3 is 24.4 Å². The average molecular weight is 515 g/mol. The van der Waals surface area contributed by atoms with Crippen LogP contribution >= 0.6 is 0 Å². The predicted octanol–water partition coefficient (Wildman–Crippen LogP) is 5.48. The van der Waals surface area contributed by atoms with E-state index in [4.69, 9.17) is 9.47 Å². The van der Waals surface area contributed by atoms with E-state index in [9.17, 15) is 14.7 Å². The van der Waals surface area contributed by atoms with Crippen LogP contribution in [0, 0.1) is 6.92 Å². The lowest BCUT2D eigenvalue weighted by molar-refractivity contribution is -0.140. The second kappa shape index (κ2) is 11.4. The molecule has 0 aliphatic carbocycles. The molecule has 0 spiro atoms. The van der Waals surface area contributed by atoms with E-state index in [0.717, 1.165) is 34.5 Å². The maximum absolute atomic E-state index is 13.5. The number of nitrogens with zero attached hydrogens (tertiary/aromatic N) is 2. The summed E-state index contributed by atoms with van der Waals surface area (Å²) in [5.41, 5.74) is 3.82. The third-order valence-corrected chi connectivity index (χ3v) is 6.71. The number of carbonyl (C=O) groups excluding carboxylic acids is 2. The first-order valence-corrected chi connectivity index (χ1v) is 12.7. The molecular weight excluding hydrogens is 480 g/mol. The number of benzene rings is 3. The minimum absolute atomic E-state index is 0.0594. The lowest BCUT2D eigenvalue weighted by Crippen LogP contribution is -2.29. The van der Waals surface area contributed by atoms with Crippen LogP contribution in [0.1, 0.15) is 41.6 Å². The smallest absolute Gasteiger partial charge is 0.295 e. The molecule has 3 aromatic rings. The fraction of sp³-hybridized carbons (Fsp3) is 0.290. The van der Waals surface area contributed by atoms with Crippen molar-refractivity contribution in [1.82, 2.24) is 4.90 Å². The topological polar surface area (TPSA) is 79.3 Å². The van der Waals surface area contributed by atoms with Crippen LogP contribution in [0.2, 0.25) is 0 Å². The van der Waals surface area contributed by atoms with E-state index in [2.05, 4.69) is 0 Å². The number of likely N-dealkylation sites (tertiary alicyclic amines) is 1. The molecule has 0 bridgehead atoms. The molecule has 3 aromatic carbocycles. The number of hydrogen-bond acceptors (Lipinski definition) is 6. The van der Waals surface area contributed by atoms with Crippen molar-refractivity contribution in [3.8, 4) is 11.5 Å². The molecular formula is C31H34N2O5. The number of rotatable bonds is 9. The van der Waals surface area contributed by atoms with Crippen molar-refractivity contribution in [3.05, 3.63) is 94.6 Å². The summed E-state index contributed by atoms with van der Waals surface area (Å²) in [6.45, 7) is 4.65. The molecule has 1 atom stereocenters. The lowest BCUT2D eigenvalue weighted by Gasteiger charge is -2.26. The van der Waals surface area contributed by atoms with Gasteiger partial charge in [0.2, 0.25) is 0 Å². The highest BCUT2D eigenvalue weighted by atomic mass is 16.5. The summed E-state index contributed by atoms with van der Waals surface area (Å²) in [7, 11) is 5.46. The molecule has 1 N–H and O–H groups in total. The number of hydrogen-bond donors (Lipinski definition) is 1. The monoisotopic (exact) mass is 514 g/mol. The SMILES string of the molecule is CCCOc1ccc(/C(O)=C2/C(=O)C(=O)N(Cc3ccccc3OC)C2c2ccc(N(C)C)cc2)cc1C. The predicted molar refractivity (Wildman–Crippen MR) is 149 cm³/mol. The van der Waals surface area contributed by atoms with Crippen molar-refractivity contribution in [3.63, 3.8) is 0 Å². The van der Waals surface area contributed by atoms with Gasteiger partial charge in [-0.05, 0) is 60.9 Å². The second-order valence-electron chi connectivity index (χ2n) is 9.55. The molecule has 38 heavy (non-hydrogen) atoms. The van der Waals surface area contributed by atoms with Crippen LogP contribution in [-0.2, 0) is 16.1 Å². The number of ketones is 1. The van der Waals surface area contributed by atoms with E-state index in [-0.39, 0.29) is 17.9 Å². The van der Waals surface area contributed by atoms with E-state index >= 15 is 0 Å². The van der Waals surface area contributed by atoms with Gasteiger partial charge >= 0.3 is 0 Å². The highest BCUT2D eigenvalue weighted by Crippen LogP contribution is 2.41. The Morgan fingerprint density at radius 3 is 2.34 bits per heavy atom. The van der Waals surface area contributed by atoms with Crippen molar-refractivity contribution < 1.29 is 24.2 Å². The van der Waals surface area contributed by atoms with Crippen molar-refractivity contribution in [1.29, 1.82) is 0 Å². The third-order valence-electron chi connectivity index (χ3n) is 6.71. The summed E-state index contributed by atoms with van der Waals surface area (Å²) in [6, 6.07) is 19.5. The molecule has 1 heterocycles. The maximum Gasteiger partial charge on any atom is 0.295 e. The minimum Gasteiger partial charge on any atom is -0.507 e. The molecule has 0 saturated carbocycles. The molecule has 198 valence electrons. The van der Waals surface area contributed by atoms with E-state index in [1.54, 1.807) is 25.3 Å². The van der Waals surface area contributed by atoms with Gasteiger partial charge in [0, 0.05) is 30.9 Å². The van der Waals surface area contributed by atoms with Gasteiger partial charge in [-0.3, -0.25) is 9.59 Å². The first kappa shape index (κ1) is 26.8. The fourth-order valence-electron chi connectivity index (χ4n) is 4.69. The zero-order chi connectivity index (χ0) is 27.4. The number of aliphatic hydroxyl groups is 1. The summed E-state index contributed by atoms with van der Waals surface area (Å²) < 4.78 is 11.3. The normalized spacial score (nSPS) is 16.6. The molecule has 7 heteroatoms. The number of aliphatic hydroxyl groups excluding tert-OH is 1. The Balaban J connectivity index is 1.83. The van der Waals surface area contributed by atoms with Crippen molar-refractivity contribution >= 4 is 23.1 Å². The largest absolute Gasteiger partial charge is 0.507 e. The highest BCUT2D eigenvalue weighted by molar-refractivity contribution is 6.46. The third kappa shape index (κ3) is 5.23.